The number of hydrazine groups is 1. The molecule has 0 aromatic heterocycles. The second-order valence-corrected chi connectivity index (χ2v) is 4.07. The number of nitro benzene ring substituents is 3. The fraction of sp³-hybridized carbons (Fsp3) is 0.200. The number of terminal acetylenes is 1. The number of nitrogens with zero attached hydrogens (tertiary/aromatic N) is 6. The van der Waals surface area contributed by atoms with E-state index in [1.807, 2.05) is 5.92 Å². The third-order valence-electron chi connectivity index (χ3n) is 2.48. The van der Waals surface area contributed by atoms with Crippen molar-refractivity contribution >= 4 is 22.7 Å². The number of non-ortho nitro benzene ring substituents is 1. The van der Waals surface area contributed by atoms with Crippen molar-refractivity contribution in [2.24, 2.45) is 0 Å². The maximum absolute atomic E-state index is 10.8. The molecule has 0 aliphatic heterocycles. The molecule has 1 aromatic carbocycles. The molecule has 144 valence electrons. The topological polar surface area (TPSA) is 228 Å². The molecular weight excluding hydrogens is 380 g/mol. The molecule has 0 spiro atoms. The summed E-state index contributed by atoms with van der Waals surface area (Å²) < 4.78 is 0. The van der Waals surface area contributed by atoms with E-state index in [2.05, 4.69) is 11.3 Å². The van der Waals surface area contributed by atoms with Crippen LogP contribution in [0.4, 0.5) is 22.7 Å². The lowest BCUT2D eigenvalue weighted by atomic mass is 10.2. The Kier molecular flexibility index (Phi) is 7.98. The highest BCUT2D eigenvalue weighted by molar-refractivity contribution is 5.76. The maximum atomic E-state index is 10.8. The predicted molar refractivity (Wildman–Crippen MR) is 83.6 cm³/mol. The van der Waals surface area contributed by atoms with E-state index in [9.17, 15) is 50.6 Å². The van der Waals surface area contributed by atoms with Crippen molar-refractivity contribution in [1.29, 1.82) is 0 Å². The largest absolute Gasteiger partial charge is 0.312 e. The molecule has 1 aromatic rings. The van der Waals surface area contributed by atoms with Gasteiger partial charge in [0.25, 0.3) is 16.5 Å². The Labute approximate surface area is 147 Å². The van der Waals surface area contributed by atoms with Crippen molar-refractivity contribution < 1.29 is 29.7 Å². The Hall–Kier alpha value is -4.62. The monoisotopic (exact) mass is 388 g/mol. The first kappa shape index (κ1) is 22.4. The molecule has 17 nitrogen and oxygen atoms in total. The molecule has 0 aliphatic rings. The lowest BCUT2D eigenvalue weighted by molar-refractivity contribution is -0.754. The van der Waals surface area contributed by atoms with Gasteiger partial charge in [-0.15, -0.1) is 16.5 Å². The van der Waals surface area contributed by atoms with E-state index >= 15 is 0 Å². The zero-order chi connectivity index (χ0) is 21.3. The molecule has 0 heterocycles. The summed E-state index contributed by atoms with van der Waals surface area (Å²) in [7, 11) is 0.751. The van der Waals surface area contributed by atoms with Gasteiger partial charge in [-0.2, -0.15) is 0 Å². The molecule has 0 bridgehead atoms. The van der Waals surface area contributed by atoms with Crippen molar-refractivity contribution in [3.63, 3.8) is 0 Å². The van der Waals surface area contributed by atoms with Crippen LogP contribution in [0, 0.1) is 62.9 Å². The summed E-state index contributed by atoms with van der Waals surface area (Å²) in [5.74, 6) is 1.94. The third kappa shape index (κ3) is 6.42. The van der Waals surface area contributed by atoms with Crippen LogP contribution >= 0.6 is 0 Å². The minimum absolute atomic E-state index is 0.0555. The highest BCUT2D eigenvalue weighted by atomic mass is 16.9. The van der Waals surface area contributed by atoms with E-state index in [0.29, 0.717) is 12.1 Å². The van der Waals surface area contributed by atoms with Crippen LogP contribution in [-0.2, 0) is 4.84 Å². The quantitative estimate of drug-likeness (QED) is 0.360. The second kappa shape index (κ2) is 9.62. The van der Waals surface area contributed by atoms with Gasteiger partial charge in [0.05, 0.1) is 34.0 Å². The normalized spacial score (nSPS) is 9.04. The zero-order valence-corrected chi connectivity index (χ0v) is 13.1. The van der Waals surface area contributed by atoms with Gasteiger partial charge in [0.1, 0.15) is 0 Å². The number of hydrogen-bond acceptors (Lipinski definition) is 11. The number of nitro groups is 4. The Balaban J connectivity index is 0.000000821. The van der Waals surface area contributed by atoms with E-state index < -0.39 is 47.6 Å². The van der Waals surface area contributed by atoms with Crippen LogP contribution in [0.5, 0.6) is 0 Å². The molecule has 27 heavy (non-hydrogen) atoms. The number of hydrogen-bond donors (Lipinski definition) is 0. The van der Waals surface area contributed by atoms with Crippen LogP contribution in [0.1, 0.15) is 0 Å². The van der Waals surface area contributed by atoms with Crippen molar-refractivity contribution in [2.75, 3.05) is 18.7 Å². The van der Waals surface area contributed by atoms with Gasteiger partial charge in [0, 0.05) is 0 Å². The van der Waals surface area contributed by atoms with Gasteiger partial charge in [-0.1, -0.05) is 10.9 Å². The fourth-order valence-corrected chi connectivity index (χ4v) is 1.48. The van der Waals surface area contributed by atoms with E-state index in [1.54, 1.807) is 0 Å². The number of benzene rings is 1. The van der Waals surface area contributed by atoms with Crippen LogP contribution in [0.2, 0.25) is 0 Å². The van der Waals surface area contributed by atoms with Gasteiger partial charge in [-0.3, -0.25) is 30.3 Å². The molecule has 0 saturated carbocycles. The van der Waals surface area contributed by atoms with Gasteiger partial charge >= 0.3 is 11.4 Å². The first-order valence-corrected chi connectivity index (χ1v) is 6.14. The molecule has 0 N–H and O–H groups in total. The molecule has 0 unspecified atom stereocenters. The standard InChI is InChI=1S/C7H5N5O8.C3H3NO3/c1-8(12(19)20)7-5(10(15)16)2-4(9(13)14)3-6(7)11(17)18;1-2-3-7-4(5)6/h2-3H,1H3;1H,3H2. The summed E-state index contributed by atoms with van der Waals surface area (Å²) in [5, 5.41) is 50.1. The van der Waals surface area contributed by atoms with Crippen molar-refractivity contribution in [1.82, 2.24) is 0 Å². The van der Waals surface area contributed by atoms with Gasteiger partial charge < -0.3 is 4.84 Å². The summed E-state index contributed by atoms with van der Waals surface area (Å²) in [6.45, 7) is -0.271. The summed E-state index contributed by atoms with van der Waals surface area (Å²) in [5.41, 5.74) is -4.07. The molecule has 0 fully saturated rings. The maximum Gasteiger partial charge on any atom is 0.312 e. The van der Waals surface area contributed by atoms with Crippen LogP contribution in [0.3, 0.4) is 0 Å². The van der Waals surface area contributed by atoms with Crippen molar-refractivity contribution in [2.45, 2.75) is 0 Å². The smallest absolute Gasteiger partial charge is 0.301 e. The molecule has 0 aliphatic carbocycles. The average molecular weight is 388 g/mol. The summed E-state index contributed by atoms with van der Waals surface area (Å²) >= 11 is 0. The van der Waals surface area contributed by atoms with E-state index in [4.69, 9.17) is 0 Å². The predicted octanol–water partition coefficient (Wildman–Crippen LogP) is 0.867. The Morgan fingerprint density at radius 1 is 0.963 bits per heavy atom. The molecule has 0 radical (unpaired) electrons. The minimum Gasteiger partial charge on any atom is -0.301 e. The molecule has 1 rings (SSSR count). The van der Waals surface area contributed by atoms with E-state index in [-0.39, 0.29) is 11.6 Å². The zero-order valence-electron chi connectivity index (χ0n) is 13.1. The van der Waals surface area contributed by atoms with Gasteiger partial charge in [0.15, 0.2) is 11.6 Å². The molecular formula is C10H8N6O11. The minimum atomic E-state index is -1.17. The third-order valence-corrected chi connectivity index (χ3v) is 2.48. The Bertz CT molecular complexity index is 796. The lowest BCUT2D eigenvalue weighted by Gasteiger charge is -2.08. The number of anilines is 1. The fourth-order valence-electron chi connectivity index (χ4n) is 1.48. The molecule has 0 atom stereocenters. The van der Waals surface area contributed by atoms with Crippen LogP contribution in [-0.4, -0.2) is 38.5 Å². The SMILES string of the molecule is C#CCO[N+](=O)[O-].CN(c1c([N+](=O)[O-])cc([N+](=O)[O-])cc1[N+](=O)[O-])[N+](=O)[O-]. The first-order valence-electron chi connectivity index (χ1n) is 6.14. The van der Waals surface area contributed by atoms with Crippen LogP contribution in [0.25, 0.3) is 0 Å². The van der Waals surface area contributed by atoms with Gasteiger partial charge in [-0.25, -0.2) is 10.1 Å². The Morgan fingerprint density at radius 2 is 1.41 bits per heavy atom. The lowest BCUT2D eigenvalue weighted by Crippen LogP contribution is -2.26. The van der Waals surface area contributed by atoms with Crippen LogP contribution in [0.15, 0.2) is 12.1 Å². The van der Waals surface area contributed by atoms with Gasteiger partial charge in [-0.05, 0) is 0 Å². The second-order valence-electron chi connectivity index (χ2n) is 4.07. The molecule has 17 heteroatoms. The molecule has 0 amide bonds. The highest BCUT2D eigenvalue weighted by Gasteiger charge is 2.37. The first-order chi connectivity index (χ1) is 12.4. The number of rotatable bonds is 7. The van der Waals surface area contributed by atoms with Crippen molar-refractivity contribution in [3.8, 4) is 12.3 Å². The summed E-state index contributed by atoms with van der Waals surface area (Å²) in [6.07, 6.45) is 4.60. The summed E-state index contributed by atoms with van der Waals surface area (Å²) in [4.78, 5) is 52.3. The van der Waals surface area contributed by atoms with Crippen LogP contribution < -0.4 is 5.01 Å². The van der Waals surface area contributed by atoms with Crippen molar-refractivity contribution in [3.05, 3.63) is 62.7 Å². The van der Waals surface area contributed by atoms with Gasteiger partial charge in [0.2, 0.25) is 0 Å². The Morgan fingerprint density at radius 3 is 1.63 bits per heavy atom. The average Bonchev–Trinajstić information content (AvgIpc) is 2.58. The highest BCUT2D eigenvalue weighted by Crippen LogP contribution is 2.40. The van der Waals surface area contributed by atoms with E-state index in [1.165, 1.54) is 0 Å². The summed E-state index contributed by atoms with van der Waals surface area (Å²) in [6, 6.07) is 0.838. The molecule has 0 saturated heterocycles. The van der Waals surface area contributed by atoms with E-state index in [0.717, 1.165) is 7.05 Å².